The maximum Gasteiger partial charge on any atom is 0.183 e. The molecule has 0 amide bonds. The molecule has 0 aliphatic carbocycles. The molecule has 0 fully saturated rings. The van der Waals surface area contributed by atoms with Crippen molar-refractivity contribution in [2.45, 2.75) is 70.7 Å². The zero-order chi connectivity index (χ0) is 13.9. The van der Waals surface area contributed by atoms with Crippen molar-refractivity contribution in [3.63, 3.8) is 0 Å². The lowest BCUT2D eigenvalue weighted by Crippen LogP contribution is -2.43. The Labute approximate surface area is 108 Å². The fourth-order valence-corrected chi connectivity index (χ4v) is 8.02. The lowest BCUT2D eigenvalue weighted by molar-refractivity contribution is 0.185. The molecule has 0 spiro atoms. The van der Waals surface area contributed by atoms with Gasteiger partial charge in [0.1, 0.15) is 8.07 Å². The Morgan fingerprint density at radius 1 is 1.00 bits per heavy atom. The molecule has 0 saturated carbocycles. The fraction of sp³-hybridized carbons (Fsp3) is 0.733. The van der Waals surface area contributed by atoms with Crippen LogP contribution in [0, 0.1) is 23.8 Å². The van der Waals surface area contributed by atoms with Gasteiger partial charge in [-0.1, -0.05) is 53.4 Å². The van der Waals surface area contributed by atoms with Gasteiger partial charge in [-0.25, -0.2) is 0 Å². The van der Waals surface area contributed by atoms with Gasteiger partial charge >= 0.3 is 0 Å². The van der Waals surface area contributed by atoms with Gasteiger partial charge in [0.05, 0.1) is 0 Å². The average molecular weight is 250 g/mol. The van der Waals surface area contributed by atoms with Crippen LogP contribution in [0.5, 0.6) is 0 Å². The Hall–Kier alpha value is -0.703. The van der Waals surface area contributed by atoms with E-state index >= 15 is 0 Å². The Bertz CT molecular complexity index is 326. The van der Waals surface area contributed by atoms with Crippen molar-refractivity contribution in [1.82, 2.24) is 0 Å². The highest BCUT2D eigenvalue weighted by Crippen LogP contribution is 2.40. The largest absolute Gasteiger partial charge is 0.367 e. The predicted octanol–water partition coefficient (Wildman–Crippen LogP) is 3.59. The summed E-state index contributed by atoms with van der Waals surface area (Å²) in [6, 6.07) is 0. The molecule has 0 saturated heterocycles. The maximum absolute atomic E-state index is 9.84. The normalized spacial score (nSPS) is 15.4. The van der Waals surface area contributed by atoms with Crippen molar-refractivity contribution in [3.8, 4) is 23.8 Å². The highest BCUT2D eigenvalue weighted by Gasteiger charge is 2.42. The molecule has 1 unspecified atom stereocenters. The zero-order valence-electron chi connectivity index (χ0n) is 12.3. The molecule has 2 heteroatoms. The summed E-state index contributed by atoms with van der Waals surface area (Å²) in [5.41, 5.74) is 3.80. The Morgan fingerprint density at radius 2 is 1.35 bits per heavy atom. The molecule has 0 heterocycles. The van der Waals surface area contributed by atoms with Crippen molar-refractivity contribution in [3.05, 3.63) is 0 Å². The Morgan fingerprint density at radius 3 is 1.59 bits per heavy atom. The van der Waals surface area contributed by atoms with Crippen LogP contribution in [-0.4, -0.2) is 18.8 Å². The summed E-state index contributed by atoms with van der Waals surface area (Å²) in [6.07, 6.45) is 5.28. The van der Waals surface area contributed by atoms with Gasteiger partial charge < -0.3 is 5.11 Å². The first-order chi connectivity index (χ1) is 7.60. The number of hydrogen-bond donors (Lipinski definition) is 1. The highest BCUT2D eigenvalue weighted by atomic mass is 28.3. The van der Waals surface area contributed by atoms with Gasteiger partial charge in [0, 0.05) is 0 Å². The average Bonchev–Trinajstić information content (AvgIpc) is 2.16. The van der Waals surface area contributed by atoms with Crippen LogP contribution in [0.25, 0.3) is 0 Å². The van der Waals surface area contributed by atoms with Crippen LogP contribution in [0.15, 0.2) is 0 Å². The third kappa shape index (κ3) is 3.63. The van der Waals surface area contributed by atoms with E-state index in [4.69, 9.17) is 6.42 Å². The second-order valence-electron chi connectivity index (χ2n) is 5.86. The molecule has 0 bridgehead atoms. The molecule has 0 aliphatic heterocycles. The third-order valence-corrected chi connectivity index (χ3v) is 9.96. The van der Waals surface area contributed by atoms with Crippen LogP contribution in [-0.2, 0) is 0 Å². The third-order valence-electron chi connectivity index (χ3n) is 3.67. The summed E-state index contributed by atoms with van der Waals surface area (Å²) >= 11 is 0. The molecule has 17 heavy (non-hydrogen) atoms. The lowest BCUT2D eigenvalue weighted by Gasteiger charge is -2.38. The number of terminal acetylenes is 1. The maximum atomic E-state index is 9.84. The minimum absolute atomic E-state index is 0.559. The Kier molecular flexibility index (Phi) is 5.52. The van der Waals surface area contributed by atoms with Crippen LogP contribution >= 0.6 is 0 Å². The van der Waals surface area contributed by atoms with E-state index in [1.807, 2.05) is 0 Å². The number of hydrogen-bond acceptors (Lipinski definition) is 1. The quantitative estimate of drug-likeness (QED) is 0.599. The van der Waals surface area contributed by atoms with Gasteiger partial charge in [-0.3, -0.25) is 0 Å². The van der Waals surface area contributed by atoms with Crippen molar-refractivity contribution in [1.29, 1.82) is 0 Å². The monoisotopic (exact) mass is 250 g/mol. The van der Waals surface area contributed by atoms with Crippen molar-refractivity contribution in [2.75, 3.05) is 0 Å². The summed E-state index contributed by atoms with van der Waals surface area (Å²) < 4.78 is 0. The van der Waals surface area contributed by atoms with E-state index < -0.39 is 13.7 Å². The SMILES string of the molecule is C#CC(C)(O)C#C[Si](C(C)C)(C(C)C)C(C)C. The topological polar surface area (TPSA) is 20.2 Å². The molecule has 1 atom stereocenters. The van der Waals surface area contributed by atoms with E-state index in [2.05, 4.69) is 58.9 Å². The molecule has 0 aromatic heterocycles. The molecule has 1 N–H and O–H groups in total. The summed E-state index contributed by atoms with van der Waals surface area (Å²) in [7, 11) is -1.77. The smallest absolute Gasteiger partial charge is 0.183 e. The van der Waals surface area contributed by atoms with Gasteiger partial charge in [0.15, 0.2) is 5.60 Å². The van der Waals surface area contributed by atoms with Crippen LogP contribution in [0.3, 0.4) is 0 Å². The first-order valence-electron chi connectivity index (χ1n) is 6.34. The molecule has 0 aromatic rings. The van der Waals surface area contributed by atoms with E-state index in [1.165, 1.54) is 0 Å². The fourth-order valence-electron chi connectivity index (χ4n) is 2.70. The van der Waals surface area contributed by atoms with Gasteiger partial charge in [-0.15, -0.1) is 12.0 Å². The van der Waals surface area contributed by atoms with Gasteiger partial charge in [-0.05, 0) is 23.5 Å². The standard InChI is InChI=1S/C15H26OSi/c1-9-15(8,16)10-11-17(12(2)3,13(4)5)14(6)7/h1,12-14,16H,2-8H3. The molecule has 1 nitrogen and oxygen atoms in total. The molecular weight excluding hydrogens is 224 g/mol. The highest BCUT2D eigenvalue weighted by molar-refractivity contribution is 6.90. The summed E-state index contributed by atoms with van der Waals surface area (Å²) in [6.45, 7) is 15.0. The first kappa shape index (κ1) is 16.3. The van der Waals surface area contributed by atoms with Gasteiger partial charge in [0.25, 0.3) is 0 Å². The van der Waals surface area contributed by atoms with E-state index in [1.54, 1.807) is 6.92 Å². The van der Waals surface area contributed by atoms with Gasteiger partial charge in [-0.2, -0.15) is 0 Å². The van der Waals surface area contributed by atoms with Crippen molar-refractivity contribution < 1.29 is 5.11 Å². The minimum Gasteiger partial charge on any atom is -0.367 e. The lowest BCUT2D eigenvalue weighted by atomic mass is 10.1. The second-order valence-corrected chi connectivity index (χ2v) is 11.4. The predicted molar refractivity (Wildman–Crippen MR) is 78.3 cm³/mol. The Balaban J connectivity index is 5.59. The number of rotatable bonds is 3. The molecule has 0 aliphatic rings. The van der Waals surface area contributed by atoms with Crippen LogP contribution in [0.4, 0.5) is 0 Å². The molecule has 0 rings (SSSR count). The molecule has 96 valence electrons. The van der Waals surface area contributed by atoms with Crippen molar-refractivity contribution in [2.24, 2.45) is 0 Å². The molecular formula is C15H26OSi. The second kappa shape index (κ2) is 5.76. The van der Waals surface area contributed by atoms with E-state index in [0.29, 0.717) is 16.6 Å². The van der Waals surface area contributed by atoms with Crippen molar-refractivity contribution >= 4 is 8.07 Å². The first-order valence-corrected chi connectivity index (χ1v) is 8.57. The zero-order valence-corrected chi connectivity index (χ0v) is 13.3. The van der Waals surface area contributed by atoms with Crippen LogP contribution in [0.2, 0.25) is 16.6 Å². The number of aliphatic hydroxyl groups is 1. The van der Waals surface area contributed by atoms with E-state index in [0.717, 1.165) is 0 Å². The van der Waals surface area contributed by atoms with E-state index in [9.17, 15) is 5.11 Å². The minimum atomic E-state index is -1.77. The van der Waals surface area contributed by atoms with Crippen LogP contribution in [0.1, 0.15) is 48.5 Å². The molecule has 0 aromatic carbocycles. The van der Waals surface area contributed by atoms with Gasteiger partial charge in [0.2, 0.25) is 0 Å². The summed E-state index contributed by atoms with van der Waals surface area (Å²) in [4.78, 5) is 0. The van der Waals surface area contributed by atoms with Crippen LogP contribution < -0.4 is 0 Å². The summed E-state index contributed by atoms with van der Waals surface area (Å²) in [5, 5.41) is 9.84. The van der Waals surface area contributed by atoms with E-state index in [-0.39, 0.29) is 0 Å². The summed E-state index contributed by atoms with van der Waals surface area (Å²) in [5.74, 6) is 5.26. The molecule has 0 radical (unpaired) electrons.